The van der Waals surface area contributed by atoms with E-state index in [0.29, 0.717) is 0 Å². The van der Waals surface area contributed by atoms with Crippen molar-refractivity contribution < 1.29 is 0 Å². The number of nitrogens with zero attached hydrogens (tertiary/aromatic N) is 1. The van der Waals surface area contributed by atoms with Crippen LogP contribution in [-0.4, -0.2) is 15.2 Å². The molecule has 0 saturated carbocycles. The summed E-state index contributed by atoms with van der Waals surface area (Å²) in [5.74, 6) is 0. The van der Waals surface area contributed by atoms with Crippen LogP contribution >= 0.6 is 0 Å². The third kappa shape index (κ3) is 1.12. The maximum Gasteiger partial charge on any atom is 0.0622 e. The third-order valence-corrected chi connectivity index (χ3v) is 1.40. The fraction of sp³-hybridized carbons (Fsp3) is 0. The van der Waals surface area contributed by atoms with E-state index in [1.54, 1.807) is 0 Å². The molecule has 0 amide bonds. The zero-order chi connectivity index (χ0) is 5.11. The van der Waals surface area contributed by atoms with Crippen LogP contribution in [0, 0.1) is 0 Å². The molecule has 1 aromatic heterocycles. The summed E-state index contributed by atoms with van der Waals surface area (Å²) in [5, 5.41) is 1.21. The van der Waals surface area contributed by atoms with Gasteiger partial charge in [-0.15, -0.1) is 0 Å². The van der Waals surface area contributed by atoms with Gasteiger partial charge in [0.1, 0.15) is 0 Å². The van der Waals surface area contributed by atoms with Crippen LogP contribution in [0.15, 0.2) is 24.4 Å². The van der Waals surface area contributed by atoms with Crippen LogP contribution in [0.1, 0.15) is 0 Å². The summed E-state index contributed by atoms with van der Waals surface area (Å²) in [7, 11) is 1.06. The standard InChI is InChI=1S/C5H7NSi/c7-5-3-1-2-4-6-5/h1-4H,7H3. The second-order valence-corrected chi connectivity index (χ2v) is 2.50. The number of hydrogen-bond donors (Lipinski definition) is 0. The van der Waals surface area contributed by atoms with Crippen molar-refractivity contribution >= 4 is 15.6 Å². The van der Waals surface area contributed by atoms with Crippen LogP contribution in [0.2, 0.25) is 0 Å². The molecule has 0 atom stereocenters. The van der Waals surface area contributed by atoms with E-state index in [1.807, 2.05) is 24.4 Å². The van der Waals surface area contributed by atoms with Gasteiger partial charge < -0.3 is 0 Å². The van der Waals surface area contributed by atoms with Crippen molar-refractivity contribution in [1.29, 1.82) is 0 Å². The van der Waals surface area contributed by atoms with Gasteiger partial charge in [0.05, 0.1) is 10.2 Å². The number of hydrogen-bond acceptors (Lipinski definition) is 1. The Kier molecular flexibility index (Phi) is 1.22. The van der Waals surface area contributed by atoms with Crippen LogP contribution in [0.4, 0.5) is 0 Å². The Morgan fingerprint density at radius 3 is 2.57 bits per heavy atom. The second kappa shape index (κ2) is 1.89. The van der Waals surface area contributed by atoms with Gasteiger partial charge in [-0.05, 0) is 12.1 Å². The number of pyridine rings is 1. The van der Waals surface area contributed by atoms with Gasteiger partial charge >= 0.3 is 0 Å². The van der Waals surface area contributed by atoms with E-state index in [2.05, 4.69) is 4.98 Å². The molecule has 0 saturated heterocycles. The minimum atomic E-state index is 1.06. The maximum absolute atomic E-state index is 4.04. The number of rotatable bonds is 0. The van der Waals surface area contributed by atoms with E-state index in [4.69, 9.17) is 0 Å². The van der Waals surface area contributed by atoms with Crippen LogP contribution in [-0.2, 0) is 0 Å². The lowest BCUT2D eigenvalue weighted by molar-refractivity contribution is 1.39. The maximum atomic E-state index is 4.04. The van der Waals surface area contributed by atoms with E-state index < -0.39 is 0 Å². The molecule has 1 rings (SSSR count). The first-order chi connectivity index (χ1) is 3.39. The van der Waals surface area contributed by atoms with Crippen molar-refractivity contribution in [3.05, 3.63) is 24.4 Å². The first kappa shape index (κ1) is 4.52. The van der Waals surface area contributed by atoms with Gasteiger partial charge in [-0.25, -0.2) is 0 Å². The molecule has 0 aliphatic rings. The largest absolute Gasteiger partial charge is 0.267 e. The highest BCUT2D eigenvalue weighted by atomic mass is 28.1. The van der Waals surface area contributed by atoms with Crippen molar-refractivity contribution in [1.82, 2.24) is 4.98 Å². The predicted molar refractivity (Wildman–Crippen MR) is 33.8 cm³/mol. The molecule has 0 bridgehead atoms. The molecule has 1 aromatic rings. The zero-order valence-electron chi connectivity index (χ0n) is 4.26. The third-order valence-electron chi connectivity index (χ3n) is 0.813. The normalized spacial score (nSPS) is 9.14. The second-order valence-electron chi connectivity index (χ2n) is 1.47. The molecule has 0 spiro atoms. The average Bonchev–Trinajstić information content (AvgIpc) is 1.69. The monoisotopic (exact) mass is 109 g/mol. The Hall–Kier alpha value is -0.633. The molecule has 36 valence electrons. The highest BCUT2D eigenvalue weighted by molar-refractivity contribution is 6.30. The van der Waals surface area contributed by atoms with E-state index in [1.165, 1.54) is 5.32 Å². The smallest absolute Gasteiger partial charge is 0.0622 e. The van der Waals surface area contributed by atoms with E-state index in [0.717, 1.165) is 10.2 Å². The van der Waals surface area contributed by atoms with Crippen LogP contribution < -0.4 is 5.32 Å². The van der Waals surface area contributed by atoms with Gasteiger partial charge in [-0.3, -0.25) is 4.98 Å². The fourth-order valence-corrected chi connectivity index (χ4v) is 0.790. The lowest BCUT2D eigenvalue weighted by atomic mass is 10.5. The molecule has 0 fully saturated rings. The molecule has 0 aromatic carbocycles. The molecule has 2 heteroatoms. The van der Waals surface area contributed by atoms with Gasteiger partial charge in [0.25, 0.3) is 0 Å². The van der Waals surface area contributed by atoms with Crippen molar-refractivity contribution in [2.45, 2.75) is 0 Å². The Morgan fingerprint density at radius 1 is 1.43 bits per heavy atom. The first-order valence-electron chi connectivity index (χ1n) is 2.27. The summed E-state index contributed by atoms with van der Waals surface area (Å²) >= 11 is 0. The molecule has 0 aliphatic carbocycles. The van der Waals surface area contributed by atoms with E-state index in [-0.39, 0.29) is 0 Å². The number of aromatic nitrogens is 1. The minimum Gasteiger partial charge on any atom is -0.267 e. The van der Waals surface area contributed by atoms with Gasteiger partial charge in [-0.1, -0.05) is 6.07 Å². The molecule has 7 heavy (non-hydrogen) atoms. The van der Waals surface area contributed by atoms with Crippen LogP contribution in [0.5, 0.6) is 0 Å². The Morgan fingerprint density at radius 2 is 2.29 bits per heavy atom. The summed E-state index contributed by atoms with van der Waals surface area (Å²) in [5.41, 5.74) is 0. The lowest BCUT2D eigenvalue weighted by Gasteiger charge is -1.82. The van der Waals surface area contributed by atoms with Crippen LogP contribution in [0.25, 0.3) is 0 Å². The quantitative estimate of drug-likeness (QED) is 0.392. The van der Waals surface area contributed by atoms with Gasteiger partial charge in [-0.2, -0.15) is 0 Å². The van der Waals surface area contributed by atoms with E-state index >= 15 is 0 Å². The highest BCUT2D eigenvalue weighted by Gasteiger charge is 1.73. The zero-order valence-corrected chi connectivity index (χ0v) is 6.26. The molecule has 0 aliphatic heterocycles. The molecule has 0 unspecified atom stereocenters. The van der Waals surface area contributed by atoms with Crippen molar-refractivity contribution in [2.24, 2.45) is 0 Å². The van der Waals surface area contributed by atoms with Gasteiger partial charge in [0.2, 0.25) is 0 Å². The first-order valence-corrected chi connectivity index (χ1v) is 3.27. The van der Waals surface area contributed by atoms with Gasteiger partial charge in [0.15, 0.2) is 0 Å². The summed E-state index contributed by atoms with van der Waals surface area (Å²) in [6, 6.07) is 5.98. The molecule has 0 N–H and O–H groups in total. The molecule has 1 heterocycles. The van der Waals surface area contributed by atoms with Gasteiger partial charge in [0, 0.05) is 11.5 Å². The lowest BCUT2D eigenvalue weighted by Crippen LogP contribution is -2.04. The van der Waals surface area contributed by atoms with Crippen molar-refractivity contribution in [2.75, 3.05) is 0 Å². The molecule has 0 radical (unpaired) electrons. The summed E-state index contributed by atoms with van der Waals surface area (Å²) in [4.78, 5) is 4.04. The van der Waals surface area contributed by atoms with Crippen molar-refractivity contribution in [3.8, 4) is 0 Å². The SMILES string of the molecule is [SiH3]c1ccccn1. The Balaban J connectivity index is 3.02. The molecule has 1 nitrogen and oxygen atoms in total. The Bertz CT molecular complexity index is 138. The Labute approximate surface area is 45.8 Å². The minimum absolute atomic E-state index is 1.06. The topological polar surface area (TPSA) is 12.9 Å². The van der Waals surface area contributed by atoms with E-state index in [9.17, 15) is 0 Å². The predicted octanol–water partition coefficient (Wildman–Crippen LogP) is -0.928. The molecular weight excluding hydrogens is 102 g/mol. The summed E-state index contributed by atoms with van der Waals surface area (Å²) < 4.78 is 0. The average molecular weight is 109 g/mol. The fourth-order valence-electron chi connectivity index (χ4n) is 0.448. The van der Waals surface area contributed by atoms with Crippen molar-refractivity contribution in [3.63, 3.8) is 0 Å². The highest BCUT2D eigenvalue weighted by Crippen LogP contribution is 1.70. The van der Waals surface area contributed by atoms with Crippen LogP contribution in [0.3, 0.4) is 0 Å². The summed E-state index contributed by atoms with van der Waals surface area (Å²) in [6.45, 7) is 0. The molecular formula is C5H7NSi. The summed E-state index contributed by atoms with van der Waals surface area (Å²) in [6.07, 6.45) is 1.82.